The standard InChI is InChI=1S/C17H20N2O2/c1-19(12-13-21-16-10-6-3-7-11-16)17(20)14-18-15-8-4-2-5-9-15/h2-11,18H,12-14H2,1H3. The summed E-state index contributed by atoms with van der Waals surface area (Å²) in [6.07, 6.45) is 0. The van der Waals surface area contributed by atoms with Crippen molar-refractivity contribution in [3.8, 4) is 5.75 Å². The van der Waals surface area contributed by atoms with E-state index >= 15 is 0 Å². The Morgan fingerprint density at radius 1 is 1.05 bits per heavy atom. The number of anilines is 1. The third-order valence-corrected chi connectivity index (χ3v) is 3.08. The van der Waals surface area contributed by atoms with Crippen molar-refractivity contribution in [2.45, 2.75) is 0 Å². The smallest absolute Gasteiger partial charge is 0.241 e. The van der Waals surface area contributed by atoms with Gasteiger partial charge in [0.25, 0.3) is 0 Å². The van der Waals surface area contributed by atoms with Crippen LogP contribution in [-0.4, -0.2) is 37.6 Å². The second-order valence-corrected chi connectivity index (χ2v) is 4.70. The van der Waals surface area contributed by atoms with Crippen LogP contribution in [0.4, 0.5) is 5.69 Å². The van der Waals surface area contributed by atoms with E-state index in [9.17, 15) is 4.79 Å². The fourth-order valence-electron chi connectivity index (χ4n) is 1.81. The maximum atomic E-state index is 12.0. The largest absolute Gasteiger partial charge is 0.492 e. The summed E-state index contributed by atoms with van der Waals surface area (Å²) in [5.74, 6) is 0.858. The van der Waals surface area contributed by atoms with E-state index in [0.717, 1.165) is 11.4 Å². The van der Waals surface area contributed by atoms with Gasteiger partial charge in [-0.3, -0.25) is 4.79 Å². The molecule has 0 saturated carbocycles. The van der Waals surface area contributed by atoms with Crippen LogP contribution >= 0.6 is 0 Å². The minimum atomic E-state index is 0.0375. The van der Waals surface area contributed by atoms with E-state index in [-0.39, 0.29) is 12.5 Å². The average Bonchev–Trinajstić information content (AvgIpc) is 2.54. The van der Waals surface area contributed by atoms with E-state index in [1.54, 1.807) is 11.9 Å². The first-order valence-electron chi connectivity index (χ1n) is 6.96. The monoisotopic (exact) mass is 284 g/mol. The van der Waals surface area contributed by atoms with E-state index in [0.29, 0.717) is 13.2 Å². The quantitative estimate of drug-likeness (QED) is 0.850. The van der Waals surface area contributed by atoms with Crippen LogP contribution in [0.3, 0.4) is 0 Å². The molecular weight excluding hydrogens is 264 g/mol. The number of carbonyl (C=O) groups is 1. The highest BCUT2D eigenvalue weighted by molar-refractivity contribution is 5.80. The molecule has 0 bridgehead atoms. The summed E-state index contributed by atoms with van der Waals surface area (Å²) in [6.45, 7) is 1.33. The van der Waals surface area contributed by atoms with Crippen LogP contribution < -0.4 is 10.1 Å². The zero-order valence-electron chi connectivity index (χ0n) is 12.2. The Kier molecular flexibility index (Phi) is 5.64. The van der Waals surface area contributed by atoms with Gasteiger partial charge in [0.15, 0.2) is 0 Å². The van der Waals surface area contributed by atoms with Crippen molar-refractivity contribution >= 4 is 11.6 Å². The summed E-state index contributed by atoms with van der Waals surface area (Å²) in [5.41, 5.74) is 0.944. The maximum Gasteiger partial charge on any atom is 0.241 e. The number of amides is 1. The van der Waals surface area contributed by atoms with Gasteiger partial charge in [-0.25, -0.2) is 0 Å². The van der Waals surface area contributed by atoms with Crippen molar-refractivity contribution in [1.82, 2.24) is 4.90 Å². The molecule has 21 heavy (non-hydrogen) atoms. The van der Waals surface area contributed by atoms with Gasteiger partial charge in [-0.15, -0.1) is 0 Å². The summed E-state index contributed by atoms with van der Waals surface area (Å²) < 4.78 is 5.58. The Balaban J connectivity index is 1.68. The second-order valence-electron chi connectivity index (χ2n) is 4.70. The molecule has 2 aromatic rings. The Labute approximate surface area is 125 Å². The summed E-state index contributed by atoms with van der Waals surface area (Å²) in [6, 6.07) is 19.3. The molecule has 0 aliphatic heterocycles. The number of carbonyl (C=O) groups excluding carboxylic acids is 1. The van der Waals surface area contributed by atoms with Gasteiger partial charge in [-0.05, 0) is 24.3 Å². The molecule has 0 radical (unpaired) electrons. The van der Waals surface area contributed by atoms with E-state index in [1.807, 2.05) is 60.7 Å². The second kappa shape index (κ2) is 7.94. The highest BCUT2D eigenvalue weighted by atomic mass is 16.5. The normalized spacial score (nSPS) is 9.95. The molecular formula is C17H20N2O2. The van der Waals surface area contributed by atoms with Gasteiger partial charge in [-0.1, -0.05) is 36.4 Å². The predicted molar refractivity (Wildman–Crippen MR) is 84.5 cm³/mol. The van der Waals surface area contributed by atoms with Gasteiger partial charge < -0.3 is 15.0 Å². The van der Waals surface area contributed by atoms with Crippen LogP contribution in [0.15, 0.2) is 60.7 Å². The van der Waals surface area contributed by atoms with Crippen LogP contribution in [0, 0.1) is 0 Å². The van der Waals surface area contributed by atoms with E-state index in [4.69, 9.17) is 4.74 Å². The van der Waals surface area contributed by atoms with E-state index in [2.05, 4.69) is 5.32 Å². The van der Waals surface area contributed by atoms with Crippen molar-refractivity contribution in [3.63, 3.8) is 0 Å². The van der Waals surface area contributed by atoms with E-state index < -0.39 is 0 Å². The lowest BCUT2D eigenvalue weighted by atomic mass is 10.3. The predicted octanol–water partition coefficient (Wildman–Crippen LogP) is 2.64. The van der Waals surface area contributed by atoms with Gasteiger partial charge in [0.05, 0.1) is 13.1 Å². The average molecular weight is 284 g/mol. The minimum Gasteiger partial charge on any atom is -0.492 e. The van der Waals surface area contributed by atoms with Crippen LogP contribution in [0.1, 0.15) is 0 Å². The molecule has 0 spiro atoms. The molecule has 0 aliphatic carbocycles. The first-order valence-corrected chi connectivity index (χ1v) is 6.96. The van der Waals surface area contributed by atoms with Crippen molar-refractivity contribution in [2.24, 2.45) is 0 Å². The SMILES string of the molecule is CN(CCOc1ccccc1)C(=O)CNc1ccccc1. The highest BCUT2D eigenvalue weighted by Crippen LogP contribution is 2.08. The third-order valence-electron chi connectivity index (χ3n) is 3.08. The Hall–Kier alpha value is -2.49. The number of hydrogen-bond donors (Lipinski definition) is 1. The number of para-hydroxylation sites is 2. The number of ether oxygens (including phenoxy) is 1. The number of rotatable bonds is 7. The van der Waals surface area contributed by atoms with Gasteiger partial charge in [0.2, 0.25) is 5.91 Å². The molecule has 0 unspecified atom stereocenters. The molecule has 110 valence electrons. The topological polar surface area (TPSA) is 41.6 Å². The molecule has 0 fully saturated rings. The summed E-state index contributed by atoms with van der Waals surface area (Å²) in [4.78, 5) is 13.6. The summed E-state index contributed by atoms with van der Waals surface area (Å²) in [5, 5.41) is 3.10. The zero-order chi connectivity index (χ0) is 14.9. The van der Waals surface area contributed by atoms with Crippen LogP contribution in [-0.2, 0) is 4.79 Å². The number of nitrogens with one attached hydrogen (secondary N) is 1. The van der Waals surface area contributed by atoms with Gasteiger partial charge in [0, 0.05) is 12.7 Å². The van der Waals surface area contributed by atoms with Crippen molar-refractivity contribution in [3.05, 3.63) is 60.7 Å². The first-order chi connectivity index (χ1) is 10.3. The van der Waals surface area contributed by atoms with Crippen molar-refractivity contribution in [1.29, 1.82) is 0 Å². The molecule has 4 heteroatoms. The number of benzene rings is 2. The highest BCUT2D eigenvalue weighted by Gasteiger charge is 2.08. The lowest BCUT2D eigenvalue weighted by molar-refractivity contribution is -0.128. The van der Waals surface area contributed by atoms with Crippen molar-refractivity contribution in [2.75, 3.05) is 32.1 Å². The molecule has 0 aromatic heterocycles. The molecule has 0 saturated heterocycles. The van der Waals surface area contributed by atoms with E-state index in [1.165, 1.54) is 0 Å². The van der Waals surface area contributed by atoms with Crippen LogP contribution in [0.2, 0.25) is 0 Å². The lowest BCUT2D eigenvalue weighted by Gasteiger charge is -2.18. The first kappa shape index (κ1) is 14.9. The fourth-order valence-corrected chi connectivity index (χ4v) is 1.81. The Morgan fingerprint density at radius 3 is 2.33 bits per heavy atom. The molecule has 4 nitrogen and oxygen atoms in total. The Morgan fingerprint density at radius 2 is 1.67 bits per heavy atom. The van der Waals surface area contributed by atoms with Gasteiger partial charge in [0.1, 0.15) is 12.4 Å². The lowest BCUT2D eigenvalue weighted by Crippen LogP contribution is -2.35. The molecule has 0 atom stereocenters. The number of likely N-dealkylation sites (N-methyl/N-ethyl adjacent to an activating group) is 1. The molecule has 2 aromatic carbocycles. The molecule has 0 aliphatic rings. The molecule has 1 amide bonds. The fraction of sp³-hybridized carbons (Fsp3) is 0.235. The summed E-state index contributed by atoms with van der Waals surface area (Å²) in [7, 11) is 1.78. The zero-order valence-corrected chi connectivity index (χ0v) is 12.2. The minimum absolute atomic E-state index is 0.0375. The van der Waals surface area contributed by atoms with Gasteiger partial charge in [-0.2, -0.15) is 0 Å². The Bertz CT molecular complexity index is 543. The molecule has 1 N–H and O–H groups in total. The number of nitrogens with zero attached hydrogens (tertiary/aromatic N) is 1. The molecule has 0 heterocycles. The van der Waals surface area contributed by atoms with Crippen LogP contribution in [0.25, 0.3) is 0 Å². The summed E-state index contributed by atoms with van der Waals surface area (Å²) >= 11 is 0. The molecule has 2 rings (SSSR count). The van der Waals surface area contributed by atoms with Crippen LogP contribution in [0.5, 0.6) is 5.75 Å². The van der Waals surface area contributed by atoms with Gasteiger partial charge >= 0.3 is 0 Å². The third kappa shape index (κ3) is 5.18. The maximum absolute atomic E-state index is 12.0. The number of hydrogen-bond acceptors (Lipinski definition) is 3. The van der Waals surface area contributed by atoms with Crippen molar-refractivity contribution < 1.29 is 9.53 Å².